The quantitative estimate of drug-likeness (QED) is 0.780. The number of hydrazone groups is 1. The average Bonchev–Trinajstić information content (AvgIpc) is 3.09. The normalized spacial score (nSPS) is 19.4. The van der Waals surface area contributed by atoms with E-state index < -0.39 is 4.87 Å². The molecule has 1 unspecified atom stereocenters. The molecule has 0 radical (unpaired) electrons. The first-order chi connectivity index (χ1) is 12.2. The molecule has 0 saturated carbocycles. The van der Waals surface area contributed by atoms with Crippen molar-refractivity contribution >= 4 is 44.7 Å². The molecule has 8 nitrogen and oxygen atoms in total. The molecule has 3 rings (SSSR count). The van der Waals surface area contributed by atoms with E-state index in [1.54, 1.807) is 4.68 Å². The number of aromatic nitrogens is 3. The summed E-state index contributed by atoms with van der Waals surface area (Å²) in [5, 5.41) is 17.1. The minimum Gasteiger partial charge on any atom is -0.304 e. The first-order valence-electron chi connectivity index (χ1n) is 7.77. The van der Waals surface area contributed by atoms with E-state index in [1.165, 1.54) is 30.6 Å². The van der Waals surface area contributed by atoms with Crippen LogP contribution in [0, 0.1) is 6.92 Å². The number of thioether (sulfide) groups is 1. The molecule has 0 aliphatic carbocycles. The summed E-state index contributed by atoms with van der Waals surface area (Å²) in [5.74, 6) is -0.503. The molecule has 1 atom stereocenters. The van der Waals surface area contributed by atoms with Crippen molar-refractivity contribution in [2.75, 3.05) is 0 Å². The summed E-state index contributed by atoms with van der Waals surface area (Å²) in [7, 11) is 0. The number of nitrogens with one attached hydrogen (secondary N) is 1. The molecule has 1 aromatic heterocycles. The molecule has 0 bridgehead atoms. The lowest BCUT2D eigenvalue weighted by Gasteiger charge is -2.29. The van der Waals surface area contributed by atoms with E-state index in [9.17, 15) is 9.59 Å². The van der Waals surface area contributed by atoms with Crippen LogP contribution >= 0.6 is 27.7 Å². The van der Waals surface area contributed by atoms with Crippen LogP contribution in [0.3, 0.4) is 0 Å². The van der Waals surface area contributed by atoms with E-state index in [-0.39, 0.29) is 11.8 Å². The first kappa shape index (κ1) is 18.6. The van der Waals surface area contributed by atoms with E-state index in [4.69, 9.17) is 0 Å². The molecule has 1 aliphatic rings. The van der Waals surface area contributed by atoms with Gasteiger partial charge in [-0.1, -0.05) is 21.1 Å². The monoisotopic (exact) mass is 436 g/mol. The van der Waals surface area contributed by atoms with E-state index in [0.717, 1.165) is 15.9 Å². The van der Waals surface area contributed by atoms with Gasteiger partial charge < -0.3 is 5.32 Å². The Labute approximate surface area is 163 Å². The summed E-state index contributed by atoms with van der Waals surface area (Å²) < 4.78 is 2.68. The van der Waals surface area contributed by atoms with Crippen LogP contribution in [0.15, 0.2) is 33.8 Å². The van der Waals surface area contributed by atoms with Crippen LogP contribution in [-0.2, 0) is 14.5 Å². The molecule has 10 heteroatoms. The Kier molecular flexibility index (Phi) is 4.89. The van der Waals surface area contributed by atoms with Crippen molar-refractivity contribution in [3.8, 4) is 5.69 Å². The first-order valence-corrected chi connectivity index (χ1v) is 9.38. The zero-order chi connectivity index (χ0) is 19.1. The van der Waals surface area contributed by atoms with Crippen LogP contribution in [-0.4, -0.2) is 37.0 Å². The predicted molar refractivity (Wildman–Crippen MR) is 103 cm³/mol. The zero-order valence-electron chi connectivity index (χ0n) is 14.6. The predicted octanol–water partition coefficient (Wildman–Crippen LogP) is 2.51. The van der Waals surface area contributed by atoms with Crippen molar-refractivity contribution in [3.05, 3.63) is 40.1 Å². The van der Waals surface area contributed by atoms with Gasteiger partial charge in [-0.3, -0.25) is 9.59 Å². The number of amidine groups is 1. The molecule has 136 valence electrons. The summed E-state index contributed by atoms with van der Waals surface area (Å²) in [6.45, 7) is 6.54. The second-order valence-corrected chi connectivity index (χ2v) is 8.22. The largest absolute Gasteiger partial charge is 0.304 e. The van der Waals surface area contributed by atoms with Gasteiger partial charge in [0.05, 0.1) is 11.4 Å². The minimum absolute atomic E-state index is 0.251. The van der Waals surface area contributed by atoms with Gasteiger partial charge in [-0.2, -0.15) is 0 Å². The molecule has 2 amide bonds. The Morgan fingerprint density at radius 1 is 1.23 bits per heavy atom. The van der Waals surface area contributed by atoms with Crippen LogP contribution in [0.5, 0.6) is 0 Å². The van der Waals surface area contributed by atoms with Gasteiger partial charge in [0.1, 0.15) is 5.69 Å². The third kappa shape index (κ3) is 3.26. The Hall–Kier alpha value is -2.20. The number of rotatable bonds is 2. The Balaban J connectivity index is 2.01. The lowest BCUT2D eigenvalue weighted by molar-refractivity contribution is -0.132. The SMILES string of the molecule is CC(=O)NC1=NN(C(C)=O)C(C)(c2nnn(-c3ccc(Br)cc3)c2C)S1. The fourth-order valence-corrected chi connectivity index (χ4v) is 4.24. The van der Waals surface area contributed by atoms with E-state index in [1.807, 2.05) is 38.1 Å². The van der Waals surface area contributed by atoms with Gasteiger partial charge in [0.25, 0.3) is 0 Å². The second kappa shape index (κ2) is 6.84. The molecule has 26 heavy (non-hydrogen) atoms. The smallest absolute Gasteiger partial charge is 0.241 e. The van der Waals surface area contributed by atoms with Gasteiger partial charge in [-0.05, 0) is 49.9 Å². The van der Waals surface area contributed by atoms with Crippen LogP contribution in [0.25, 0.3) is 5.69 Å². The minimum atomic E-state index is -0.901. The highest BCUT2D eigenvalue weighted by molar-refractivity contribution is 9.10. The number of benzene rings is 1. The maximum atomic E-state index is 12.1. The Morgan fingerprint density at radius 2 is 1.88 bits per heavy atom. The maximum absolute atomic E-state index is 12.1. The molecule has 1 aromatic carbocycles. The van der Waals surface area contributed by atoms with Crippen molar-refractivity contribution in [3.63, 3.8) is 0 Å². The summed E-state index contributed by atoms with van der Waals surface area (Å²) in [6, 6.07) is 7.67. The highest BCUT2D eigenvalue weighted by Gasteiger charge is 2.47. The molecular weight excluding hydrogens is 420 g/mol. The number of hydrogen-bond donors (Lipinski definition) is 1. The van der Waals surface area contributed by atoms with Crippen molar-refractivity contribution in [1.82, 2.24) is 25.3 Å². The molecule has 2 heterocycles. The summed E-state index contributed by atoms with van der Waals surface area (Å²) in [5.41, 5.74) is 2.24. The third-order valence-corrected chi connectivity index (χ3v) is 5.55. The number of carbonyl (C=O) groups excluding carboxylic acids is 2. The molecular formula is C16H17BrN6O2S. The highest BCUT2D eigenvalue weighted by Crippen LogP contribution is 2.45. The standard InChI is InChI=1S/C16H17BrN6O2S/c1-9-14(19-21-22(9)13-7-5-12(17)6-8-13)16(4)23(11(3)25)20-15(26-16)18-10(2)24/h5-8H,1-4H3,(H,18,20,24). The van der Waals surface area contributed by atoms with Crippen molar-refractivity contribution in [2.45, 2.75) is 32.6 Å². The zero-order valence-corrected chi connectivity index (χ0v) is 17.1. The third-order valence-electron chi connectivity index (χ3n) is 3.88. The van der Waals surface area contributed by atoms with Gasteiger partial charge in [0.15, 0.2) is 10.0 Å². The summed E-state index contributed by atoms with van der Waals surface area (Å²) in [6.07, 6.45) is 0. The van der Waals surface area contributed by atoms with Gasteiger partial charge in [0, 0.05) is 18.3 Å². The van der Waals surface area contributed by atoms with E-state index in [0.29, 0.717) is 10.9 Å². The maximum Gasteiger partial charge on any atom is 0.241 e. The summed E-state index contributed by atoms with van der Waals surface area (Å²) >= 11 is 4.67. The Morgan fingerprint density at radius 3 is 2.46 bits per heavy atom. The number of amides is 2. The van der Waals surface area contributed by atoms with Gasteiger partial charge in [-0.25, -0.2) is 9.69 Å². The van der Waals surface area contributed by atoms with Gasteiger partial charge >= 0.3 is 0 Å². The van der Waals surface area contributed by atoms with Crippen molar-refractivity contribution in [2.24, 2.45) is 5.10 Å². The highest BCUT2D eigenvalue weighted by atomic mass is 79.9. The molecule has 1 N–H and O–H groups in total. The van der Waals surface area contributed by atoms with Crippen LogP contribution in [0.4, 0.5) is 0 Å². The lowest BCUT2D eigenvalue weighted by atomic mass is 10.1. The Bertz CT molecular complexity index is 910. The number of nitrogens with zero attached hydrogens (tertiary/aromatic N) is 5. The number of hydrogen-bond acceptors (Lipinski definition) is 6. The van der Waals surface area contributed by atoms with E-state index in [2.05, 4.69) is 36.7 Å². The number of carbonyl (C=O) groups is 2. The molecule has 0 spiro atoms. The fourth-order valence-electron chi connectivity index (χ4n) is 2.74. The molecule has 0 fully saturated rings. The van der Waals surface area contributed by atoms with Gasteiger partial charge in [0.2, 0.25) is 11.8 Å². The van der Waals surface area contributed by atoms with Crippen LogP contribution in [0.2, 0.25) is 0 Å². The summed E-state index contributed by atoms with van der Waals surface area (Å²) in [4.78, 5) is 22.6. The fraction of sp³-hybridized carbons (Fsp3) is 0.312. The van der Waals surface area contributed by atoms with Gasteiger partial charge in [-0.15, -0.1) is 10.2 Å². The van der Waals surface area contributed by atoms with E-state index >= 15 is 0 Å². The van der Waals surface area contributed by atoms with Crippen molar-refractivity contribution < 1.29 is 9.59 Å². The molecule has 2 aromatic rings. The van der Waals surface area contributed by atoms with Crippen LogP contribution in [0.1, 0.15) is 32.2 Å². The molecule has 1 aliphatic heterocycles. The van der Waals surface area contributed by atoms with Crippen LogP contribution < -0.4 is 5.32 Å². The van der Waals surface area contributed by atoms with Crippen molar-refractivity contribution in [1.29, 1.82) is 0 Å². The topological polar surface area (TPSA) is 92.5 Å². The number of halogens is 1. The molecule has 0 saturated heterocycles. The second-order valence-electron chi connectivity index (χ2n) is 5.91. The lowest BCUT2D eigenvalue weighted by Crippen LogP contribution is -2.38. The average molecular weight is 437 g/mol.